The topological polar surface area (TPSA) is 366 Å². The van der Waals surface area contributed by atoms with Gasteiger partial charge in [-0.3, -0.25) is 21.6 Å². The predicted molar refractivity (Wildman–Crippen MR) is 164 cm³/mol. The van der Waals surface area contributed by atoms with E-state index in [2.05, 4.69) is 20.0 Å². The van der Waals surface area contributed by atoms with E-state index in [1.807, 2.05) is 0 Å². The van der Waals surface area contributed by atoms with Gasteiger partial charge in [-0.05, 0) is 25.0 Å². The summed E-state index contributed by atoms with van der Waals surface area (Å²) in [5.74, 6) is -2.93. The van der Waals surface area contributed by atoms with Gasteiger partial charge in [-0.1, -0.05) is 0 Å². The lowest BCUT2D eigenvalue weighted by molar-refractivity contribution is 1.08. The van der Waals surface area contributed by atoms with Crippen molar-refractivity contribution in [3.8, 4) is 0 Å². The Morgan fingerprint density at radius 1 is 0.425 bits per heavy atom. The Balaban J connectivity index is 4.46. The van der Waals surface area contributed by atoms with Crippen LogP contribution in [0.25, 0.3) is 0 Å². The largest absolute Gasteiger partial charge is 0.370 e. The molecule has 0 heterocycles. The number of benzene rings is 1. The molecule has 0 aliphatic carbocycles. The van der Waals surface area contributed by atoms with E-state index >= 15 is 0 Å². The number of nitrogens with one attached hydrogen (secondary N) is 4. The van der Waals surface area contributed by atoms with E-state index in [4.69, 9.17) is 67.5 Å². The monoisotopic (exact) mass is 558 g/mol. The van der Waals surface area contributed by atoms with E-state index in [1.54, 1.807) is 20.9 Å². The number of nitrogens with two attached hydrogens (primary N) is 8. The lowest BCUT2D eigenvalue weighted by Crippen LogP contribution is -2.38. The zero-order valence-corrected chi connectivity index (χ0v) is 23.2. The molecule has 0 aliphatic rings. The normalized spacial score (nSPS) is 9.95. The summed E-state index contributed by atoms with van der Waals surface area (Å²) in [6, 6.07) is 0. The summed E-state index contributed by atoms with van der Waals surface area (Å²) < 4.78 is 0. The third-order valence-electron chi connectivity index (χ3n) is 5.42. The number of aliphatic imine (C=N–C) groups is 4. The van der Waals surface area contributed by atoms with Gasteiger partial charge < -0.3 is 65.5 Å². The number of guanidine groups is 8. The van der Waals surface area contributed by atoms with Crippen molar-refractivity contribution < 1.29 is 0 Å². The van der Waals surface area contributed by atoms with Crippen LogP contribution < -0.4 is 65.5 Å². The molecule has 0 aliphatic heterocycles. The van der Waals surface area contributed by atoms with E-state index < -0.39 is 0 Å². The van der Waals surface area contributed by atoms with Crippen molar-refractivity contribution in [3.63, 3.8) is 0 Å². The van der Waals surface area contributed by atoms with Gasteiger partial charge in [0.15, 0.2) is 23.8 Å². The third kappa shape index (κ3) is 7.14. The maximum absolute atomic E-state index is 8.51. The van der Waals surface area contributed by atoms with Crippen LogP contribution in [0.5, 0.6) is 0 Å². The minimum absolute atomic E-state index is 0.228. The van der Waals surface area contributed by atoms with Gasteiger partial charge in [0, 0.05) is 28.2 Å². The Bertz CT molecular complexity index is 1250. The summed E-state index contributed by atoms with van der Waals surface area (Å²) in [4.78, 5) is 20.7. The fraction of sp³-hybridized carbons (Fsp3) is 0.300. The van der Waals surface area contributed by atoms with Gasteiger partial charge >= 0.3 is 0 Å². The van der Waals surface area contributed by atoms with Crippen LogP contribution in [0.4, 0.5) is 22.7 Å². The molecule has 0 saturated heterocycles. The molecular weight excluding hydrogens is 520 g/mol. The van der Waals surface area contributed by atoms with E-state index in [0.29, 0.717) is 16.8 Å². The molecular formula is C20H38N20. The Kier molecular flexibility index (Phi) is 10.2. The average Bonchev–Trinajstić information content (AvgIpc) is 2.80. The van der Waals surface area contributed by atoms with Crippen molar-refractivity contribution in [3.05, 3.63) is 11.1 Å². The molecule has 40 heavy (non-hydrogen) atoms. The highest BCUT2D eigenvalue weighted by Gasteiger charge is 2.32. The molecule has 20 heteroatoms. The summed E-state index contributed by atoms with van der Waals surface area (Å²) >= 11 is 0. The fourth-order valence-electron chi connectivity index (χ4n) is 3.83. The summed E-state index contributed by atoms with van der Waals surface area (Å²) in [5, 5.41) is 33.9. The van der Waals surface area contributed by atoms with Gasteiger partial charge in [0.2, 0.25) is 23.8 Å². The van der Waals surface area contributed by atoms with E-state index in [0.717, 1.165) is 0 Å². The summed E-state index contributed by atoms with van der Waals surface area (Å²) in [5.41, 5.74) is 46.2. The van der Waals surface area contributed by atoms with Gasteiger partial charge in [-0.2, -0.15) is 20.0 Å². The molecule has 0 spiro atoms. The molecule has 218 valence electrons. The smallest absolute Gasteiger partial charge is 0.225 e. The van der Waals surface area contributed by atoms with Crippen molar-refractivity contribution in [1.82, 2.24) is 0 Å². The second-order valence-corrected chi connectivity index (χ2v) is 8.32. The van der Waals surface area contributed by atoms with Gasteiger partial charge in [0.1, 0.15) is 0 Å². The number of nitrogens with zero attached hydrogens (tertiary/aromatic N) is 8. The molecule has 0 aromatic heterocycles. The Morgan fingerprint density at radius 3 is 0.850 bits per heavy atom. The first-order valence-corrected chi connectivity index (χ1v) is 11.2. The second-order valence-electron chi connectivity index (χ2n) is 8.32. The molecule has 1 aromatic rings. The van der Waals surface area contributed by atoms with Crippen LogP contribution in [0.1, 0.15) is 11.1 Å². The summed E-state index contributed by atoms with van der Waals surface area (Å²) in [7, 11) is 6.05. The van der Waals surface area contributed by atoms with Crippen molar-refractivity contribution in [1.29, 1.82) is 21.6 Å². The van der Waals surface area contributed by atoms with Gasteiger partial charge in [0.05, 0.1) is 22.7 Å². The number of hydrogen-bond donors (Lipinski definition) is 12. The maximum atomic E-state index is 8.51. The van der Waals surface area contributed by atoms with E-state index in [1.165, 1.54) is 40.7 Å². The molecule has 1 aromatic carbocycles. The Hall–Kier alpha value is -5.82. The van der Waals surface area contributed by atoms with Gasteiger partial charge in [-0.25, -0.2) is 0 Å². The van der Waals surface area contributed by atoms with Crippen molar-refractivity contribution in [2.75, 3.05) is 47.8 Å². The molecule has 20 N–H and O–H groups in total. The van der Waals surface area contributed by atoms with Crippen LogP contribution in [0.2, 0.25) is 0 Å². The Labute approximate surface area is 231 Å². The van der Waals surface area contributed by atoms with Crippen molar-refractivity contribution in [2.45, 2.75) is 13.8 Å². The van der Waals surface area contributed by atoms with Crippen molar-refractivity contribution >= 4 is 70.4 Å². The standard InChI is InChI=1S/C20H38N20/c1-7-9(37(3)17(29)33-13(21)22)8(2)11(39(5)19(31)35-15(25)26)12(40(6)20(32)36-16(27)28)10(7)38(4)18(30)34-14(23)24/h1-6H3,(H5,21,22,29,33)(H5,23,24,30,34)(H5,25,26,31,35)(H5,27,28,32,36). The maximum Gasteiger partial charge on any atom is 0.225 e. The number of anilines is 4. The lowest BCUT2D eigenvalue weighted by atomic mass is 9.98. The zero-order chi connectivity index (χ0) is 31.2. The van der Waals surface area contributed by atoms with Crippen LogP contribution in [0.15, 0.2) is 20.0 Å². The first-order valence-electron chi connectivity index (χ1n) is 11.2. The Morgan fingerprint density at radius 2 is 0.625 bits per heavy atom. The highest BCUT2D eigenvalue weighted by atomic mass is 15.3. The highest BCUT2D eigenvalue weighted by molar-refractivity contribution is 6.16. The summed E-state index contributed by atoms with van der Waals surface area (Å²) in [6.45, 7) is 3.39. The second kappa shape index (κ2) is 12.6. The van der Waals surface area contributed by atoms with Crippen LogP contribution in [0.3, 0.4) is 0 Å². The number of rotatable bonds is 4. The SMILES string of the molecule is Cc1c(N(C)C(=N)N=C(N)N)c(C)c(N(C)C(=N)N=C(N)N)c(N(C)C(=N)N=C(N)N)c1N(C)C(=N)N=C(N)N. The third-order valence-corrected chi connectivity index (χ3v) is 5.42. The predicted octanol–water partition coefficient (Wildman–Crippen LogP) is -3.12. The average molecular weight is 559 g/mol. The van der Waals surface area contributed by atoms with E-state index in [9.17, 15) is 0 Å². The van der Waals surface area contributed by atoms with Crippen LogP contribution in [-0.2, 0) is 0 Å². The van der Waals surface area contributed by atoms with Crippen LogP contribution >= 0.6 is 0 Å². The molecule has 0 amide bonds. The lowest BCUT2D eigenvalue weighted by Gasteiger charge is -2.36. The molecule has 0 saturated carbocycles. The molecule has 1 rings (SSSR count). The fourth-order valence-corrected chi connectivity index (χ4v) is 3.83. The quantitative estimate of drug-likeness (QED) is 0.129. The first-order chi connectivity index (χ1) is 18.3. The minimum atomic E-state index is -0.390. The summed E-state index contributed by atoms with van der Waals surface area (Å²) in [6.07, 6.45) is 0. The number of hydrogen-bond acceptors (Lipinski definition) is 4. The highest BCUT2D eigenvalue weighted by Crippen LogP contribution is 2.48. The minimum Gasteiger partial charge on any atom is -0.370 e. The van der Waals surface area contributed by atoms with Crippen LogP contribution in [0, 0.1) is 35.5 Å². The molecule has 0 unspecified atom stereocenters. The first kappa shape index (κ1) is 32.2. The molecule has 0 atom stereocenters. The molecule has 0 fully saturated rings. The van der Waals surface area contributed by atoms with Gasteiger partial charge in [0.25, 0.3) is 0 Å². The molecule has 20 nitrogen and oxygen atoms in total. The molecule has 0 radical (unpaired) electrons. The zero-order valence-electron chi connectivity index (χ0n) is 23.2. The van der Waals surface area contributed by atoms with Crippen molar-refractivity contribution in [2.24, 2.45) is 65.8 Å². The molecule has 0 bridgehead atoms. The van der Waals surface area contributed by atoms with E-state index in [-0.39, 0.29) is 64.7 Å². The van der Waals surface area contributed by atoms with Gasteiger partial charge in [-0.15, -0.1) is 0 Å². The van der Waals surface area contributed by atoms with Crippen LogP contribution in [-0.4, -0.2) is 75.9 Å².